The summed E-state index contributed by atoms with van der Waals surface area (Å²) in [5, 5.41) is 1.76. The molecule has 2 aromatic rings. The number of carbonyl (C=O) groups is 3. The number of imide groups is 1. The van der Waals surface area contributed by atoms with Gasteiger partial charge in [0.2, 0.25) is 0 Å². The Morgan fingerprint density at radius 2 is 1.68 bits per heavy atom. The summed E-state index contributed by atoms with van der Waals surface area (Å²) in [5.41, 5.74) is 4.53. The number of amides is 3. The average Bonchev–Trinajstić information content (AvgIpc) is 2.61. The first-order valence-electron chi connectivity index (χ1n) is 7.79. The average molecular weight is 409 g/mol. The summed E-state index contributed by atoms with van der Waals surface area (Å²) < 4.78 is 45.0. The molecule has 0 heterocycles. The Kier molecular flexibility index (Phi) is 6.31. The second-order valence-corrected chi connectivity index (χ2v) is 7.19. The molecule has 0 saturated heterocycles. The number of anilines is 1. The predicted octanol–water partition coefficient (Wildman–Crippen LogP) is 1.37. The van der Waals surface area contributed by atoms with Gasteiger partial charge in [-0.2, -0.15) is 0 Å². The van der Waals surface area contributed by atoms with E-state index < -0.39 is 39.9 Å². The number of halogens is 1. The van der Waals surface area contributed by atoms with Crippen molar-refractivity contribution in [2.24, 2.45) is 5.73 Å². The summed E-state index contributed by atoms with van der Waals surface area (Å²) in [5.74, 6) is -2.55. The maximum absolute atomic E-state index is 13.0. The fourth-order valence-electron chi connectivity index (χ4n) is 2.07. The predicted molar refractivity (Wildman–Crippen MR) is 96.3 cm³/mol. The third kappa shape index (κ3) is 5.27. The number of hydrogen-bond acceptors (Lipinski definition) is 6. The van der Waals surface area contributed by atoms with Gasteiger partial charge < -0.3 is 10.5 Å². The minimum absolute atomic E-state index is 0.112. The third-order valence-electron chi connectivity index (χ3n) is 3.41. The molecule has 11 heteroatoms. The molecule has 0 fully saturated rings. The smallest absolute Gasteiger partial charge is 0.341 e. The zero-order valence-corrected chi connectivity index (χ0v) is 15.3. The van der Waals surface area contributed by atoms with Crippen molar-refractivity contribution in [1.82, 2.24) is 5.32 Å². The number of esters is 1. The van der Waals surface area contributed by atoms with Gasteiger partial charge >= 0.3 is 12.0 Å². The lowest BCUT2D eigenvalue weighted by atomic mass is 10.2. The lowest BCUT2D eigenvalue weighted by molar-refractivity contribution is -0.127. The van der Waals surface area contributed by atoms with Gasteiger partial charge in [-0.3, -0.25) is 14.8 Å². The number of urea groups is 1. The van der Waals surface area contributed by atoms with Crippen LogP contribution in [0.4, 0.5) is 14.9 Å². The minimum Gasteiger partial charge on any atom is -0.449 e. The van der Waals surface area contributed by atoms with Crippen LogP contribution in [0.5, 0.6) is 0 Å². The number of nitrogens with one attached hydrogen (secondary N) is 2. The summed E-state index contributed by atoms with van der Waals surface area (Å²) in [6.07, 6.45) is -1.36. The highest BCUT2D eigenvalue weighted by molar-refractivity contribution is 7.92. The Morgan fingerprint density at radius 1 is 1.07 bits per heavy atom. The largest absolute Gasteiger partial charge is 0.449 e. The van der Waals surface area contributed by atoms with Gasteiger partial charge in [0.15, 0.2) is 6.10 Å². The van der Waals surface area contributed by atoms with Crippen molar-refractivity contribution >= 4 is 33.6 Å². The first-order chi connectivity index (χ1) is 13.1. The molecule has 0 saturated carbocycles. The van der Waals surface area contributed by atoms with Gasteiger partial charge in [-0.25, -0.2) is 22.4 Å². The summed E-state index contributed by atoms with van der Waals surface area (Å²) in [6.45, 7) is 1.21. The molecule has 0 radical (unpaired) electrons. The highest BCUT2D eigenvalue weighted by Crippen LogP contribution is 2.21. The Balaban J connectivity index is 2.22. The normalized spacial score (nSPS) is 11.9. The summed E-state index contributed by atoms with van der Waals surface area (Å²) in [6, 6.07) is 8.50. The molecule has 2 aromatic carbocycles. The SMILES string of the molecule is C[C@@H](OC(=O)c1ccccc1NS(=O)(=O)c1ccc(F)cc1)C(=O)NC(N)=O. The molecule has 148 valence electrons. The van der Waals surface area contributed by atoms with E-state index >= 15 is 0 Å². The first-order valence-corrected chi connectivity index (χ1v) is 9.27. The molecule has 2 rings (SSSR count). The van der Waals surface area contributed by atoms with Gasteiger partial charge in [0.25, 0.3) is 15.9 Å². The van der Waals surface area contributed by atoms with Gasteiger partial charge in [0.05, 0.1) is 16.1 Å². The van der Waals surface area contributed by atoms with Crippen LogP contribution >= 0.6 is 0 Å². The van der Waals surface area contributed by atoms with Crippen LogP contribution in [0, 0.1) is 5.82 Å². The van der Waals surface area contributed by atoms with Crippen LogP contribution in [0.3, 0.4) is 0 Å². The molecule has 3 amide bonds. The minimum atomic E-state index is -4.11. The van der Waals surface area contributed by atoms with Crippen LogP contribution in [0.25, 0.3) is 0 Å². The highest BCUT2D eigenvalue weighted by atomic mass is 32.2. The molecule has 0 aliphatic carbocycles. The molecule has 0 unspecified atom stereocenters. The van der Waals surface area contributed by atoms with E-state index in [1.807, 2.05) is 0 Å². The Hall–Kier alpha value is -3.47. The second-order valence-electron chi connectivity index (χ2n) is 5.51. The molecule has 28 heavy (non-hydrogen) atoms. The number of ether oxygens (including phenoxy) is 1. The zero-order chi connectivity index (χ0) is 20.9. The Bertz CT molecular complexity index is 1010. The van der Waals surface area contributed by atoms with Crippen molar-refractivity contribution in [2.75, 3.05) is 4.72 Å². The standard InChI is InChI=1S/C17H16FN3O6S/c1-10(15(22)20-17(19)24)27-16(23)13-4-2-3-5-14(13)21-28(25,26)12-8-6-11(18)7-9-12/h2-10,21H,1H3,(H3,19,20,22,24)/t10-/m1/s1. The van der Waals surface area contributed by atoms with Crippen LogP contribution in [-0.4, -0.2) is 32.4 Å². The second kappa shape index (κ2) is 8.48. The summed E-state index contributed by atoms with van der Waals surface area (Å²) in [7, 11) is -4.11. The number of sulfonamides is 1. The lowest BCUT2D eigenvalue weighted by Crippen LogP contribution is -2.42. The molecule has 0 spiro atoms. The molecule has 1 atom stereocenters. The number of para-hydroxylation sites is 1. The topological polar surface area (TPSA) is 145 Å². The van der Waals surface area contributed by atoms with Crippen LogP contribution in [-0.2, 0) is 19.6 Å². The van der Waals surface area contributed by atoms with Gasteiger partial charge in [-0.05, 0) is 43.3 Å². The fraction of sp³-hybridized carbons (Fsp3) is 0.118. The van der Waals surface area contributed by atoms with Gasteiger partial charge in [0, 0.05) is 0 Å². The van der Waals surface area contributed by atoms with E-state index in [9.17, 15) is 27.2 Å². The van der Waals surface area contributed by atoms with Crippen LogP contribution in [0.15, 0.2) is 53.4 Å². The molecule has 4 N–H and O–H groups in total. The highest BCUT2D eigenvalue weighted by Gasteiger charge is 2.23. The van der Waals surface area contributed by atoms with E-state index in [0.717, 1.165) is 24.3 Å². The number of rotatable bonds is 6. The molecule has 0 bridgehead atoms. The van der Waals surface area contributed by atoms with Crippen LogP contribution in [0.1, 0.15) is 17.3 Å². The lowest BCUT2D eigenvalue weighted by Gasteiger charge is -2.15. The van der Waals surface area contributed by atoms with Crippen molar-refractivity contribution in [2.45, 2.75) is 17.9 Å². The zero-order valence-electron chi connectivity index (χ0n) is 14.5. The first kappa shape index (κ1) is 20.8. The van der Waals surface area contributed by atoms with E-state index in [4.69, 9.17) is 10.5 Å². The van der Waals surface area contributed by atoms with Crippen molar-refractivity contribution in [1.29, 1.82) is 0 Å². The maximum atomic E-state index is 13.0. The summed E-state index contributed by atoms with van der Waals surface area (Å²) >= 11 is 0. The van der Waals surface area contributed by atoms with Gasteiger partial charge in [0.1, 0.15) is 5.82 Å². The van der Waals surface area contributed by atoms with E-state index in [1.54, 1.807) is 5.32 Å². The molecule has 0 aliphatic rings. The van der Waals surface area contributed by atoms with Gasteiger partial charge in [-0.1, -0.05) is 12.1 Å². The van der Waals surface area contributed by atoms with E-state index in [0.29, 0.717) is 0 Å². The molecular weight excluding hydrogens is 393 g/mol. The molecular formula is C17H16FN3O6S. The Labute approximate surface area is 159 Å². The van der Waals surface area contributed by atoms with Crippen molar-refractivity contribution < 1.29 is 31.9 Å². The summed E-state index contributed by atoms with van der Waals surface area (Å²) in [4.78, 5) is 34.4. The van der Waals surface area contributed by atoms with E-state index in [1.165, 1.54) is 31.2 Å². The molecule has 0 aromatic heterocycles. The Morgan fingerprint density at radius 3 is 2.29 bits per heavy atom. The quantitative estimate of drug-likeness (QED) is 0.615. The van der Waals surface area contributed by atoms with E-state index in [2.05, 4.69) is 4.72 Å². The number of hydrogen-bond donors (Lipinski definition) is 3. The number of carbonyl (C=O) groups excluding carboxylic acids is 3. The third-order valence-corrected chi connectivity index (χ3v) is 4.80. The van der Waals surface area contributed by atoms with Crippen molar-refractivity contribution in [3.8, 4) is 0 Å². The van der Waals surface area contributed by atoms with Gasteiger partial charge in [-0.15, -0.1) is 0 Å². The number of benzene rings is 2. The van der Waals surface area contributed by atoms with Crippen molar-refractivity contribution in [3.63, 3.8) is 0 Å². The maximum Gasteiger partial charge on any atom is 0.341 e. The molecule has 0 aliphatic heterocycles. The number of primary amides is 1. The van der Waals surface area contributed by atoms with E-state index in [-0.39, 0.29) is 16.1 Å². The van der Waals surface area contributed by atoms with Crippen LogP contribution in [0.2, 0.25) is 0 Å². The van der Waals surface area contributed by atoms with Crippen molar-refractivity contribution in [3.05, 3.63) is 59.9 Å². The molecule has 9 nitrogen and oxygen atoms in total. The number of nitrogens with two attached hydrogens (primary N) is 1. The monoisotopic (exact) mass is 409 g/mol. The van der Waals surface area contributed by atoms with Crippen LogP contribution < -0.4 is 15.8 Å². The fourth-order valence-corrected chi connectivity index (χ4v) is 3.15.